The molecule has 0 aromatic heterocycles. The molecule has 0 spiro atoms. The number of alkyl halides is 1. The molecule has 1 fully saturated rings. The number of halogens is 1. The summed E-state index contributed by atoms with van der Waals surface area (Å²) in [5.41, 5.74) is 0.301. The quantitative estimate of drug-likeness (QED) is 0.534. The lowest BCUT2D eigenvalue weighted by Gasteiger charge is -2.31. The molecule has 0 aromatic rings. The second kappa shape index (κ2) is 9.20. The van der Waals surface area contributed by atoms with Gasteiger partial charge < -0.3 is 10.1 Å². The number of nitrogens with one attached hydrogen (secondary N) is 1. The predicted octanol–water partition coefficient (Wildman–Crippen LogP) is 4.22. The third kappa shape index (κ3) is 7.53. The summed E-state index contributed by atoms with van der Waals surface area (Å²) >= 11 is 5.89. The van der Waals surface area contributed by atoms with Crippen LogP contribution in [0.2, 0.25) is 0 Å². The Balaban J connectivity index is 2.07. The summed E-state index contributed by atoms with van der Waals surface area (Å²) in [6.07, 6.45) is 7.60. The van der Waals surface area contributed by atoms with Gasteiger partial charge >= 0.3 is 0 Å². The highest BCUT2D eigenvalue weighted by Gasteiger charge is 2.23. The Bertz CT molecular complexity index is 221. The highest BCUT2D eigenvalue weighted by atomic mass is 35.5. The molecule has 0 bridgehead atoms. The van der Waals surface area contributed by atoms with Crippen molar-refractivity contribution >= 4 is 11.6 Å². The maximum absolute atomic E-state index is 5.89. The van der Waals surface area contributed by atoms with Crippen LogP contribution in [-0.2, 0) is 4.74 Å². The molecule has 2 nitrogen and oxygen atoms in total. The summed E-state index contributed by atoms with van der Waals surface area (Å²) in [6.45, 7) is 9.95. The molecule has 3 heteroatoms. The van der Waals surface area contributed by atoms with Gasteiger partial charge in [-0.25, -0.2) is 0 Å². The van der Waals surface area contributed by atoms with Gasteiger partial charge in [0.2, 0.25) is 0 Å². The Labute approximate surface area is 124 Å². The number of hydrogen-bond acceptors (Lipinski definition) is 2. The maximum atomic E-state index is 5.89. The minimum absolute atomic E-state index is 0.301. The molecule has 114 valence electrons. The molecule has 1 aliphatic heterocycles. The zero-order chi connectivity index (χ0) is 14.1. The molecule has 0 amide bonds. The van der Waals surface area contributed by atoms with Crippen molar-refractivity contribution in [2.45, 2.75) is 65.3 Å². The van der Waals surface area contributed by atoms with Crippen LogP contribution in [0.15, 0.2) is 0 Å². The summed E-state index contributed by atoms with van der Waals surface area (Å²) in [5, 5.41) is 3.69. The van der Waals surface area contributed by atoms with Crippen LogP contribution in [0.3, 0.4) is 0 Å². The van der Waals surface area contributed by atoms with Gasteiger partial charge in [-0.2, -0.15) is 0 Å². The number of unbranched alkanes of at least 4 members (excludes halogenated alkanes) is 1. The zero-order valence-electron chi connectivity index (χ0n) is 13.0. The van der Waals surface area contributed by atoms with Gasteiger partial charge in [0, 0.05) is 25.1 Å². The lowest BCUT2D eigenvalue weighted by molar-refractivity contribution is 0.0631. The molecule has 1 aliphatic rings. The molecular weight excluding hydrogens is 258 g/mol. The van der Waals surface area contributed by atoms with Crippen LogP contribution in [-0.4, -0.2) is 31.7 Å². The molecule has 0 aromatic carbocycles. The zero-order valence-corrected chi connectivity index (χ0v) is 13.8. The monoisotopic (exact) mass is 289 g/mol. The summed E-state index contributed by atoms with van der Waals surface area (Å²) in [5.74, 6) is 1.66. The van der Waals surface area contributed by atoms with E-state index in [1.54, 1.807) is 0 Å². The van der Waals surface area contributed by atoms with Crippen LogP contribution < -0.4 is 5.32 Å². The standard InChI is InChI=1S/C16H32ClNO/c1-16(2,3)15(7-10-17)18-11-5-4-6-14-8-12-19-13-9-14/h14-15,18H,4-13H2,1-3H3. The molecule has 0 radical (unpaired) electrons. The van der Waals surface area contributed by atoms with E-state index in [1.807, 2.05) is 0 Å². The van der Waals surface area contributed by atoms with E-state index in [0.29, 0.717) is 11.5 Å². The van der Waals surface area contributed by atoms with Crippen molar-refractivity contribution in [3.05, 3.63) is 0 Å². The average molecular weight is 290 g/mol. The summed E-state index contributed by atoms with van der Waals surface area (Å²) in [4.78, 5) is 0. The highest BCUT2D eigenvalue weighted by molar-refractivity contribution is 6.17. The first-order chi connectivity index (χ1) is 9.04. The third-order valence-electron chi connectivity index (χ3n) is 4.21. The van der Waals surface area contributed by atoms with Crippen LogP contribution in [0.1, 0.15) is 59.3 Å². The van der Waals surface area contributed by atoms with Gasteiger partial charge in [-0.3, -0.25) is 0 Å². The molecule has 1 N–H and O–H groups in total. The SMILES string of the molecule is CC(C)(C)C(CCCl)NCCCCC1CCOCC1. The Morgan fingerprint density at radius 1 is 1.21 bits per heavy atom. The second-order valence-electron chi connectivity index (χ2n) is 6.90. The van der Waals surface area contributed by atoms with Crippen molar-refractivity contribution in [1.82, 2.24) is 5.32 Å². The molecule has 1 unspecified atom stereocenters. The number of rotatable bonds is 8. The fraction of sp³-hybridized carbons (Fsp3) is 1.00. The Morgan fingerprint density at radius 3 is 2.47 bits per heavy atom. The van der Waals surface area contributed by atoms with E-state index in [4.69, 9.17) is 16.3 Å². The minimum atomic E-state index is 0.301. The van der Waals surface area contributed by atoms with Gasteiger partial charge in [0.1, 0.15) is 0 Å². The first kappa shape index (κ1) is 17.3. The lowest BCUT2D eigenvalue weighted by atomic mass is 9.85. The minimum Gasteiger partial charge on any atom is -0.381 e. The Kier molecular flexibility index (Phi) is 8.36. The van der Waals surface area contributed by atoms with Crippen molar-refractivity contribution in [1.29, 1.82) is 0 Å². The van der Waals surface area contributed by atoms with E-state index in [1.165, 1.54) is 32.1 Å². The predicted molar refractivity (Wildman–Crippen MR) is 84.0 cm³/mol. The Hall–Kier alpha value is 0.210. The van der Waals surface area contributed by atoms with Crippen molar-refractivity contribution in [3.8, 4) is 0 Å². The summed E-state index contributed by atoms with van der Waals surface area (Å²) in [7, 11) is 0. The van der Waals surface area contributed by atoms with Crippen LogP contribution in [0.4, 0.5) is 0 Å². The van der Waals surface area contributed by atoms with Gasteiger partial charge in [0.05, 0.1) is 0 Å². The normalized spacial score (nSPS) is 19.6. The van der Waals surface area contributed by atoms with Crippen molar-refractivity contribution in [3.63, 3.8) is 0 Å². The first-order valence-electron chi connectivity index (χ1n) is 7.91. The van der Waals surface area contributed by atoms with Gasteiger partial charge in [0.15, 0.2) is 0 Å². The topological polar surface area (TPSA) is 21.3 Å². The van der Waals surface area contributed by atoms with Gasteiger partial charge in [-0.05, 0) is 43.6 Å². The molecule has 0 aliphatic carbocycles. The van der Waals surface area contributed by atoms with Crippen LogP contribution >= 0.6 is 11.6 Å². The summed E-state index contributed by atoms with van der Waals surface area (Å²) in [6, 6.07) is 0.535. The largest absolute Gasteiger partial charge is 0.381 e. The van der Waals surface area contributed by atoms with Crippen LogP contribution in [0.25, 0.3) is 0 Å². The molecule has 19 heavy (non-hydrogen) atoms. The van der Waals surface area contributed by atoms with E-state index in [-0.39, 0.29) is 0 Å². The smallest absolute Gasteiger partial charge is 0.0468 e. The first-order valence-corrected chi connectivity index (χ1v) is 8.44. The highest BCUT2D eigenvalue weighted by Crippen LogP contribution is 2.23. The van der Waals surface area contributed by atoms with Crippen LogP contribution in [0, 0.1) is 11.3 Å². The van der Waals surface area contributed by atoms with E-state index in [2.05, 4.69) is 26.1 Å². The number of ether oxygens (including phenoxy) is 1. The van der Waals surface area contributed by atoms with E-state index in [9.17, 15) is 0 Å². The fourth-order valence-corrected chi connectivity index (χ4v) is 3.04. The van der Waals surface area contributed by atoms with Gasteiger partial charge in [-0.1, -0.05) is 33.6 Å². The van der Waals surface area contributed by atoms with Gasteiger partial charge in [-0.15, -0.1) is 11.6 Å². The summed E-state index contributed by atoms with van der Waals surface area (Å²) < 4.78 is 5.40. The van der Waals surface area contributed by atoms with E-state index < -0.39 is 0 Å². The van der Waals surface area contributed by atoms with E-state index >= 15 is 0 Å². The molecule has 1 heterocycles. The van der Waals surface area contributed by atoms with Crippen LogP contribution in [0.5, 0.6) is 0 Å². The Morgan fingerprint density at radius 2 is 1.89 bits per heavy atom. The second-order valence-corrected chi connectivity index (χ2v) is 7.28. The molecular formula is C16H32ClNO. The van der Waals surface area contributed by atoms with Crippen molar-refractivity contribution in [2.24, 2.45) is 11.3 Å². The molecule has 0 saturated carbocycles. The number of hydrogen-bond donors (Lipinski definition) is 1. The van der Waals surface area contributed by atoms with E-state index in [0.717, 1.165) is 38.0 Å². The molecule has 1 rings (SSSR count). The maximum Gasteiger partial charge on any atom is 0.0468 e. The van der Waals surface area contributed by atoms with Crippen molar-refractivity contribution in [2.75, 3.05) is 25.6 Å². The lowest BCUT2D eigenvalue weighted by Crippen LogP contribution is -2.41. The average Bonchev–Trinajstić information content (AvgIpc) is 2.37. The molecule has 1 saturated heterocycles. The fourth-order valence-electron chi connectivity index (χ4n) is 2.82. The van der Waals surface area contributed by atoms with Crippen molar-refractivity contribution < 1.29 is 4.74 Å². The molecule has 1 atom stereocenters. The van der Waals surface area contributed by atoms with Gasteiger partial charge in [0.25, 0.3) is 0 Å². The third-order valence-corrected chi connectivity index (χ3v) is 4.43.